The average molecular weight is 170 g/mol. The summed E-state index contributed by atoms with van der Waals surface area (Å²) < 4.78 is 24.9. The minimum Gasteiger partial charge on any atom is -0.327 e. The Balaban J connectivity index is 2.93. The SMILES string of the molecule is NCC=Cc1cc(F)nc(F)c1. The van der Waals surface area contributed by atoms with Gasteiger partial charge in [0.1, 0.15) is 0 Å². The fourth-order valence-electron chi connectivity index (χ4n) is 0.784. The predicted octanol–water partition coefficient (Wildman–Crippen LogP) is 1.33. The van der Waals surface area contributed by atoms with Crippen molar-refractivity contribution in [3.63, 3.8) is 0 Å². The molecule has 1 aromatic heterocycles. The van der Waals surface area contributed by atoms with E-state index < -0.39 is 11.9 Å². The molecule has 0 atom stereocenters. The first kappa shape index (κ1) is 8.80. The average Bonchev–Trinajstić information content (AvgIpc) is 1.99. The van der Waals surface area contributed by atoms with Crippen molar-refractivity contribution in [1.29, 1.82) is 0 Å². The van der Waals surface area contributed by atoms with Crippen LogP contribution in [-0.4, -0.2) is 11.5 Å². The van der Waals surface area contributed by atoms with E-state index in [9.17, 15) is 8.78 Å². The van der Waals surface area contributed by atoms with Gasteiger partial charge in [-0.15, -0.1) is 0 Å². The summed E-state index contributed by atoms with van der Waals surface area (Å²) in [6.07, 6.45) is 3.14. The van der Waals surface area contributed by atoms with E-state index in [0.29, 0.717) is 12.1 Å². The Bertz CT molecular complexity index is 277. The lowest BCUT2D eigenvalue weighted by molar-refractivity contribution is 0.512. The van der Waals surface area contributed by atoms with E-state index in [0.717, 1.165) is 12.1 Å². The van der Waals surface area contributed by atoms with Crippen molar-refractivity contribution in [1.82, 2.24) is 4.98 Å². The van der Waals surface area contributed by atoms with Gasteiger partial charge >= 0.3 is 0 Å². The lowest BCUT2D eigenvalue weighted by Gasteiger charge is -1.93. The Morgan fingerprint density at radius 2 is 1.92 bits per heavy atom. The van der Waals surface area contributed by atoms with Crippen molar-refractivity contribution in [2.24, 2.45) is 5.73 Å². The molecule has 1 rings (SSSR count). The molecule has 64 valence electrons. The molecule has 0 unspecified atom stereocenters. The van der Waals surface area contributed by atoms with E-state index in [4.69, 9.17) is 5.73 Å². The maximum atomic E-state index is 12.4. The Kier molecular flexibility index (Phi) is 2.88. The van der Waals surface area contributed by atoms with Gasteiger partial charge in [0.2, 0.25) is 11.9 Å². The van der Waals surface area contributed by atoms with Gasteiger partial charge in [-0.1, -0.05) is 12.2 Å². The fraction of sp³-hybridized carbons (Fsp3) is 0.125. The van der Waals surface area contributed by atoms with Gasteiger partial charge in [-0.05, 0) is 5.56 Å². The summed E-state index contributed by atoms with van der Waals surface area (Å²) in [7, 11) is 0. The molecule has 0 aliphatic heterocycles. The maximum Gasteiger partial charge on any atom is 0.216 e. The molecule has 2 N–H and O–H groups in total. The van der Waals surface area contributed by atoms with Gasteiger partial charge in [-0.25, -0.2) is 0 Å². The molecular formula is C8H8F2N2. The Labute approximate surface area is 68.7 Å². The van der Waals surface area contributed by atoms with Gasteiger partial charge in [0.25, 0.3) is 0 Å². The molecular weight excluding hydrogens is 162 g/mol. The quantitative estimate of drug-likeness (QED) is 0.680. The molecule has 0 radical (unpaired) electrons. The zero-order chi connectivity index (χ0) is 8.97. The largest absolute Gasteiger partial charge is 0.327 e. The summed E-state index contributed by atoms with van der Waals surface area (Å²) in [4.78, 5) is 2.94. The van der Waals surface area contributed by atoms with Crippen LogP contribution >= 0.6 is 0 Å². The number of aromatic nitrogens is 1. The molecule has 0 amide bonds. The third-order valence-electron chi connectivity index (χ3n) is 1.23. The van der Waals surface area contributed by atoms with Crippen LogP contribution in [-0.2, 0) is 0 Å². The van der Waals surface area contributed by atoms with E-state index in [1.165, 1.54) is 6.08 Å². The lowest BCUT2D eigenvalue weighted by atomic mass is 10.2. The number of halogens is 2. The molecule has 1 heterocycles. The molecule has 0 aliphatic carbocycles. The fourth-order valence-corrected chi connectivity index (χ4v) is 0.784. The second-order valence-electron chi connectivity index (χ2n) is 2.18. The normalized spacial score (nSPS) is 10.9. The Morgan fingerprint density at radius 3 is 2.42 bits per heavy atom. The van der Waals surface area contributed by atoms with E-state index in [1.54, 1.807) is 6.08 Å². The topological polar surface area (TPSA) is 38.9 Å². The second-order valence-corrected chi connectivity index (χ2v) is 2.18. The monoisotopic (exact) mass is 170 g/mol. The van der Waals surface area contributed by atoms with Crippen LogP contribution in [0.1, 0.15) is 5.56 Å². The Morgan fingerprint density at radius 1 is 1.33 bits per heavy atom. The molecule has 1 aromatic rings. The molecule has 0 saturated heterocycles. The third kappa shape index (κ3) is 2.39. The molecule has 0 spiro atoms. The van der Waals surface area contributed by atoms with Crippen LogP contribution in [0.3, 0.4) is 0 Å². The van der Waals surface area contributed by atoms with Gasteiger partial charge in [-0.2, -0.15) is 13.8 Å². The minimum absolute atomic E-state index is 0.339. The van der Waals surface area contributed by atoms with E-state index in [-0.39, 0.29) is 0 Å². The highest BCUT2D eigenvalue weighted by molar-refractivity contribution is 5.48. The highest BCUT2D eigenvalue weighted by Crippen LogP contribution is 2.05. The van der Waals surface area contributed by atoms with Crippen molar-refractivity contribution < 1.29 is 8.78 Å². The van der Waals surface area contributed by atoms with Gasteiger partial charge in [0, 0.05) is 18.7 Å². The first-order valence-corrected chi connectivity index (χ1v) is 3.42. The van der Waals surface area contributed by atoms with Crippen LogP contribution in [0.25, 0.3) is 6.08 Å². The second kappa shape index (κ2) is 3.92. The van der Waals surface area contributed by atoms with Crippen molar-refractivity contribution in [3.05, 3.63) is 35.7 Å². The van der Waals surface area contributed by atoms with Crippen molar-refractivity contribution in [2.75, 3.05) is 6.54 Å². The lowest BCUT2D eigenvalue weighted by Crippen LogP contribution is -1.93. The molecule has 0 bridgehead atoms. The highest BCUT2D eigenvalue weighted by Gasteiger charge is 1.97. The molecule has 0 aromatic carbocycles. The van der Waals surface area contributed by atoms with Crippen molar-refractivity contribution in [2.45, 2.75) is 0 Å². The highest BCUT2D eigenvalue weighted by atomic mass is 19.1. The summed E-state index contributed by atoms with van der Waals surface area (Å²) in [5, 5.41) is 0. The number of rotatable bonds is 2. The van der Waals surface area contributed by atoms with Crippen LogP contribution in [0.4, 0.5) is 8.78 Å². The standard InChI is InChI=1S/C8H8F2N2/c9-7-4-6(2-1-3-11)5-8(10)12-7/h1-2,4-5H,3,11H2. The minimum atomic E-state index is -0.827. The van der Waals surface area contributed by atoms with Gasteiger partial charge in [-0.3, -0.25) is 0 Å². The maximum absolute atomic E-state index is 12.4. The van der Waals surface area contributed by atoms with Gasteiger partial charge in [0.05, 0.1) is 0 Å². The number of nitrogens with zero attached hydrogens (tertiary/aromatic N) is 1. The van der Waals surface area contributed by atoms with E-state index in [1.807, 2.05) is 0 Å². The third-order valence-corrected chi connectivity index (χ3v) is 1.23. The van der Waals surface area contributed by atoms with E-state index >= 15 is 0 Å². The summed E-state index contributed by atoms with van der Waals surface area (Å²) in [6, 6.07) is 2.27. The van der Waals surface area contributed by atoms with Gasteiger partial charge in [0.15, 0.2) is 0 Å². The molecule has 4 heteroatoms. The summed E-state index contributed by atoms with van der Waals surface area (Å²) in [5.41, 5.74) is 5.58. The summed E-state index contributed by atoms with van der Waals surface area (Å²) in [6.45, 7) is 0.339. The molecule has 12 heavy (non-hydrogen) atoms. The Hall–Kier alpha value is -1.29. The van der Waals surface area contributed by atoms with Crippen LogP contribution in [0.5, 0.6) is 0 Å². The zero-order valence-electron chi connectivity index (χ0n) is 6.30. The van der Waals surface area contributed by atoms with Crippen LogP contribution in [0, 0.1) is 11.9 Å². The number of hydrogen-bond donors (Lipinski definition) is 1. The molecule has 0 saturated carbocycles. The van der Waals surface area contributed by atoms with Crippen molar-refractivity contribution in [3.8, 4) is 0 Å². The van der Waals surface area contributed by atoms with Crippen LogP contribution in [0.2, 0.25) is 0 Å². The predicted molar refractivity (Wildman–Crippen MR) is 42.2 cm³/mol. The zero-order valence-corrected chi connectivity index (χ0v) is 6.30. The first-order valence-electron chi connectivity index (χ1n) is 3.42. The smallest absolute Gasteiger partial charge is 0.216 e. The van der Waals surface area contributed by atoms with Crippen LogP contribution < -0.4 is 5.73 Å². The number of hydrogen-bond acceptors (Lipinski definition) is 2. The van der Waals surface area contributed by atoms with E-state index in [2.05, 4.69) is 4.98 Å². The number of pyridine rings is 1. The first-order chi connectivity index (χ1) is 5.72. The number of nitrogens with two attached hydrogens (primary N) is 1. The summed E-state index contributed by atoms with van der Waals surface area (Å²) >= 11 is 0. The molecule has 0 fully saturated rings. The van der Waals surface area contributed by atoms with Crippen molar-refractivity contribution >= 4 is 6.08 Å². The molecule has 0 aliphatic rings. The summed E-state index contributed by atoms with van der Waals surface area (Å²) in [5.74, 6) is -1.65. The molecule has 2 nitrogen and oxygen atoms in total. The van der Waals surface area contributed by atoms with Crippen LogP contribution in [0.15, 0.2) is 18.2 Å². The van der Waals surface area contributed by atoms with Gasteiger partial charge < -0.3 is 5.73 Å².